The molecule has 1 aromatic heterocycles. The average Bonchev–Trinajstić information content (AvgIpc) is 2.40. The molecule has 0 amide bonds. The van der Waals surface area contributed by atoms with Gasteiger partial charge in [0.15, 0.2) is 0 Å². The lowest BCUT2D eigenvalue weighted by atomic mass is 10.2. The number of hydrogen-bond acceptors (Lipinski definition) is 3. The van der Waals surface area contributed by atoms with Gasteiger partial charge in [-0.15, -0.1) is 0 Å². The molecule has 0 aliphatic heterocycles. The van der Waals surface area contributed by atoms with Gasteiger partial charge in [0.05, 0.1) is 11.1 Å². The predicted molar refractivity (Wildman–Crippen MR) is 66.7 cm³/mol. The largest absolute Gasteiger partial charge is 0.478 e. The smallest absolute Gasteiger partial charge is 0.417 e. The van der Waals surface area contributed by atoms with Gasteiger partial charge in [0.2, 0.25) is 0 Å². The molecule has 110 valence electrons. The van der Waals surface area contributed by atoms with Crippen molar-refractivity contribution in [2.24, 2.45) is 0 Å². The van der Waals surface area contributed by atoms with Gasteiger partial charge in [-0.3, -0.25) is 0 Å². The van der Waals surface area contributed by atoms with E-state index in [4.69, 9.17) is 5.11 Å². The number of hydrogen-bond donors (Lipinski definition) is 1. The Hall–Kier alpha value is -2.09. The molecular formula is C13H7F4NO2S. The first-order valence-electron chi connectivity index (χ1n) is 5.51. The maximum Gasteiger partial charge on any atom is 0.417 e. The molecule has 0 spiro atoms. The van der Waals surface area contributed by atoms with Gasteiger partial charge in [0.1, 0.15) is 10.8 Å². The summed E-state index contributed by atoms with van der Waals surface area (Å²) in [6.07, 6.45) is -3.82. The van der Waals surface area contributed by atoms with E-state index in [2.05, 4.69) is 4.98 Å². The van der Waals surface area contributed by atoms with Crippen LogP contribution in [0.15, 0.2) is 46.5 Å². The van der Waals surface area contributed by atoms with E-state index in [-0.39, 0.29) is 15.5 Å². The van der Waals surface area contributed by atoms with Crippen LogP contribution < -0.4 is 0 Å². The summed E-state index contributed by atoms with van der Waals surface area (Å²) in [6, 6.07) is 5.26. The Morgan fingerprint density at radius 2 is 1.90 bits per heavy atom. The Kier molecular flexibility index (Phi) is 4.17. The molecule has 21 heavy (non-hydrogen) atoms. The third-order valence-corrected chi connectivity index (χ3v) is 3.46. The van der Waals surface area contributed by atoms with Crippen molar-refractivity contribution in [1.29, 1.82) is 0 Å². The molecule has 2 aromatic rings. The van der Waals surface area contributed by atoms with Gasteiger partial charge in [0, 0.05) is 11.1 Å². The molecule has 1 aromatic carbocycles. The van der Waals surface area contributed by atoms with E-state index in [0.717, 1.165) is 30.0 Å². The highest BCUT2D eigenvalue weighted by Crippen LogP contribution is 2.32. The maximum absolute atomic E-state index is 13.7. The predicted octanol–water partition coefficient (Wildman–Crippen LogP) is 4.09. The first-order chi connectivity index (χ1) is 9.77. The molecule has 0 fully saturated rings. The summed E-state index contributed by atoms with van der Waals surface area (Å²) in [5, 5.41) is 8.88. The van der Waals surface area contributed by atoms with Crippen LogP contribution in [-0.2, 0) is 6.18 Å². The molecule has 0 unspecified atom stereocenters. The summed E-state index contributed by atoms with van der Waals surface area (Å²) in [5.41, 5.74) is -1.11. The van der Waals surface area contributed by atoms with Crippen molar-refractivity contribution in [3.63, 3.8) is 0 Å². The molecule has 0 aliphatic carbocycles. The van der Waals surface area contributed by atoms with Crippen LogP contribution in [0, 0.1) is 5.82 Å². The van der Waals surface area contributed by atoms with Crippen LogP contribution in [0.2, 0.25) is 0 Å². The Morgan fingerprint density at radius 3 is 2.38 bits per heavy atom. The summed E-state index contributed by atoms with van der Waals surface area (Å²) < 4.78 is 50.8. The van der Waals surface area contributed by atoms with Crippen molar-refractivity contribution in [3.05, 3.63) is 53.5 Å². The fourth-order valence-corrected chi connectivity index (χ4v) is 2.20. The van der Waals surface area contributed by atoms with Gasteiger partial charge in [0.25, 0.3) is 0 Å². The monoisotopic (exact) mass is 317 g/mol. The standard InChI is InChI=1S/C13H7F4NO2S/c14-9-5-7(12(19)20)1-3-10(9)21-11-4-2-8(6-18-11)13(15,16)17/h1-6H,(H,19,20). The van der Waals surface area contributed by atoms with Gasteiger partial charge in [-0.1, -0.05) is 11.8 Å². The minimum atomic E-state index is -4.48. The molecule has 0 saturated heterocycles. The molecule has 8 heteroatoms. The fraction of sp³-hybridized carbons (Fsp3) is 0.0769. The third kappa shape index (κ3) is 3.72. The molecule has 0 atom stereocenters. The summed E-state index contributed by atoms with van der Waals surface area (Å²) in [6.45, 7) is 0. The van der Waals surface area contributed by atoms with E-state index in [1.165, 1.54) is 12.1 Å². The van der Waals surface area contributed by atoms with Gasteiger partial charge < -0.3 is 5.11 Å². The molecular weight excluding hydrogens is 310 g/mol. The van der Waals surface area contributed by atoms with Crippen molar-refractivity contribution in [1.82, 2.24) is 4.98 Å². The summed E-state index contributed by atoms with van der Waals surface area (Å²) in [4.78, 5) is 14.3. The van der Waals surface area contributed by atoms with Crippen LogP contribution >= 0.6 is 11.8 Å². The lowest BCUT2D eigenvalue weighted by Crippen LogP contribution is -2.05. The first kappa shape index (κ1) is 15.3. The van der Waals surface area contributed by atoms with Crippen LogP contribution in [0.25, 0.3) is 0 Å². The number of carbonyl (C=O) groups is 1. The Balaban J connectivity index is 2.20. The van der Waals surface area contributed by atoms with E-state index in [1.807, 2.05) is 0 Å². The van der Waals surface area contributed by atoms with Crippen molar-refractivity contribution in [2.75, 3.05) is 0 Å². The Morgan fingerprint density at radius 1 is 1.19 bits per heavy atom. The minimum absolute atomic E-state index is 0.0762. The number of alkyl halides is 3. The van der Waals surface area contributed by atoms with Gasteiger partial charge in [-0.05, 0) is 30.3 Å². The number of aromatic carboxylic acids is 1. The number of pyridine rings is 1. The lowest BCUT2D eigenvalue weighted by molar-refractivity contribution is -0.137. The van der Waals surface area contributed by atoms with Crippen LogP contribution in [0.3, 0.4) is 0 Å². The Bertz CT molecular complexity index is 671. The van der Waals surface area contributed by atoms with Crippen molar-refractivity contribution >= 4 is 17.7 Å². The second-order valence-electron chi connectivity index (χ2n) is 3.94. The normalized spacial score (nSPS) is 11.4. The number of nitrogens with zero attached hydrogens (tertiary/aromatic N) is 1. The van der Waals surface area contributed by atoms with Crippen LogP contribution in [-0.4, -0.2) is 16.1 Å². The van der Waals surface area contributed by atoms with Gasteiger partial charge in [-0.25, -0.2) is 14.2 Å². The molecule has 1 N–H and O–H groups in total. The van der Waals surface area contributed by atoms with Crippen LogP contribution in [0.1, 0.15) is 15.9 Å². The van der Waals surface area contributed by atoms with E-state index < -0.39 is 23.5 Å². The highest BCUT2D eigenvalue weighted by atomic mass is 32.2. The van der Waals surface area contributed by atoms with E-state index in [9.17, 15) is 22.4 Å². The zero-order valence-corrected chi connectivity index (χ0v) is 11.0. The summed E-state index contributed by atoms with van der Waals surface area (Å²) in [7, 11) is 0. The Labute approximate surface area is 120 Å². The molecule has 0 radical (unpaired) electrons. The SMILES string of the molecule is O=C(O)c1ccc(Sc2ccc(C(F)(F)F)cn2)c(F)c1. The van der Waals surface area contributed by atoms with Crippen LogP contribution in [0.5, 0.6) is 0 Å². The van der Waals surface area contributed by atoms with Crippen molar-refractivity contribution in [2.45, 2.75) is 16.1 Å². The quantitative estimate of drug-likeness (QED) is 0.866. The average molecular weight is 317 g/mol. The zero-order valence-electron chi connectivity index (χ0n) is 10.2. The minimum Gasteiger partial charge on any atom is -0.478 e. The number of halogens is 4. The summed E-state index contributed by atoms with van der Waals surface area (Å²) in [5.74, 6) is -2.04. The molecule has 1 heterocycles. The van der Waals surface area contributed by atoms with Crippen molar-refractivity contribution < 1.29 is 27.5 Å². The fourth-order valence-electron chi connectivity index (χ4n) is 1.44. The molecule has 0 bridgehead atoms. The number of carboxylic acids is 1. The zero-order chi connectivity index (χ0) is 15.6. The van der Waals surface area contributed by atoms with E-state index >= 15 is 0 Å². The number of aromatic nitrogens is 1. The molecule has 0 saturated carbocycles. The second-order valence-corrected chi connectivity index (χ2v) is 5.00. The van der Waals surface area contributed by atoms with E-state index in [0.29, 0.717) is 6.20 Å². The molecule has 3 nitrogen and oxygen atoms in total. The first-order valence-corrected chi connectivity index (χ1v) is 6.33. The number of benzene rings is 1. The van der Waals surface area contributed by atoms with Crippen LogP contribution in [0.4, 0.5) is 17.6 Å². The van der Waals surface area contributed by atoms with Gasteiger partial charge in [-0.2, -0.15) is 13.2 Å². The topological polar surface area (TPSA) is 50.2 Å². The number of rotatable bonds is 3. The third-order valence-electron chi connectivity index (χ3n) is 2.46. The molecule has 0 aliphatic rings. The maximum atomic E-state index is 13.7. The van der Waals surface area contributed by atoms with Gasteiger partial charge >= 0.3 is 12.1 Å². The summed E-state index contributed by atoms with van der Waals surface area (Å²) >= 11 is 0.808. The van der Waals surface area contributed by atoms with Crippen molar-refractivity contribution in [3.8, 4) is 0 Å². The lowest BCUT2D eigenvalue weighted by Gasteiger charge is -2.07. The molecule has 2 rings (SSSR count). The highest BCUT2D eigenvalue weighted by molar-refractivity contribution is 7.99. The highest BCUT2D eigenvalue weighted by Gasteiger charge is 2.30. The number of carboxylic acid groups (broad SMARTS) is 1. The second kappa shape index (κ2) is 5.72. The van der Waals surface area contributed by atoms with E-state index in [1.54, 1.807) is 0 Å².